The number of aliphatic hydroxyl groups excluding tert-OH is 2. The van der Waals surface area contributed by atoms with Gasteiger partial charge < -0.3 is 14.9 Å². The fraction of sp³-hybridized carbons (Fsp3) is 0.778. The molecule has 6 unspecified atom stereocenters. The van der Waals surface area contributed by atoms with E-state index in [0.717, 1.165) is 6.42 Å². The molecule has 0 amide bonds. The van der Waals surface area contributed by atoms with Gasteiger partial charge in [-0.05, 0) is 18.3 Å². The van der Waals surface area contributed by atoms with Crippen molar-refractivity contribution < 1.29 is 14.9 Å². The predicted octanol–water partition coefficient (Wildman–Crippen LogP) is 0.0917. The molecule has 2 aliphatic carbocycles. The Bertz CT molecular complexity index is 216. The number of fused-ring (bicyclic) bond motifs is 5. The summed E-state index contributed by atoms with van der Waals surface area (Å²) in [6, 6.07) is 0. The molecule has 66 valence electrons. The van der Waals surface area contributed by atoms with Crippen LogP contribution in [0.3, 0.4) is 0 Å². The Morgan fingerprint density at radius 1 is 1.00 bits per heavy atom. The fourth-order valence-electron chi connectivity index (χ4n) is 3.03. The second-order valence-corrected chi connectivity index (χ2v) is 4.02. The molecular formula is C9H12O3. The van der Waals surface area contributed by atoms with Crippen LogP contribution in [0.15, 0.2) is 12.2 Å². The summed E-state index contributed by atoms with van der Waals surface area (Å²) in [5, 5.41) is 19.0. The zero-order chi connectivity index (χ0) is 8.29. The maximum atomic E-state index is 9.48. The van der Waals surface area contributed by atoms with Crippen LogP contribution in [0, 0.1) is 23.7 Å². The molecule has 3 nitrogen and oxygen atoms in total. The van der Waals surface area contributed by atoms with Gasteiger partial charge in [0.05, 0.1) is 0 Å². The third-order valence-electron chi connectivity index (χ3n) is 3.52. The van der Waals surface area contributed by atoms with Gasteiger partial charge >= 0.3 is 0 Å². The van der Waals surface area contributed by atoms with Gasteiger partial charge in [-0.1, -0.05) is 12.2 Å². The first kappa shape index (κ1) is 7.06. The van der Waals surface area contributed by atoms with Crippen LogP contribution in [0.1, 0.15) is 6.42 Å². The topological polar surface area (TPSA) is 49.7 Å². The zero-order valence-electron chi connectivity index (χ0n) is 6.63. The van der Waals surface area contributed by atoms with Gasteiger partial charge in [0.15, 0.2) is 12.6 Å². The monoisotopic (exact) mass is 168 g/mol. The first-order chi connectivity index (χ1) is 5.77. The summed E-state index contributed by atoms with van der Waals surface area (Å²) in [4.78, 5) is 0. The maximum absolute atomic E-state index is 9.48. The zero-order valence-corrected chi connectivity index (χ0v) is 6.63. The van der Waals surface area contributed by atoms with E-state index in [1.54, 1.807) is 0 Å². The van der Waals surface area contributed by atoms with Crippen molar-refractivity contribution in [3.8, 4) is 0 Å². The second-order valence-electron chi connectivity index (χ2n) is 4.02. The summed E-state index contributed by atoms with van der Waals surface area (Å²) in [6.45, 7) is 0. The first-order valence-corrected chi connectivity index (χ1v) is 4.47. The van der Waals surface area contributed by atoms with Gasteiger partial charge in [0, 0.05) is 11.8 Å². The van der Waals surface area contributed by atoms with E-state index in [2.05, 4.69) is 12.2 Å². The van der Waals surface area contributed by atoms with Gasteiger partial charge in [-0.2, -0.15) is 0 Å². The molecule has 1 aliphatic heterocycles. The molecule has 2 fully saturated rings. The molecule has 3 aliphatic rings. The van der Waals surface area contributed by atoms with Crippen LogP contribution in [0.5, 0.6) is 0 Å². The van der Waals surface area contributed by atoms with Gasteiger partial charge in [-0.3, -0.25) is 0 Å². The molecule has 0 aromatic carbocycles. The van der Waals surface area contributed by atoms with E-state index in [0.29, 0.717) is 11.8 Å². The summed E-state index contributed by atoms with van der Waals surface area (Å²) in [6.07, 6.45) is 3.90. The first-order valence-electron chi connectivity index (χ1n) is 4.47. The average molecular weight is 168 g/mol. The lowest BCUT2D eigenvalue weighted by Gasteiger charge is -2.20. The molecular weight excluding hydrogens is 156 g/mol. The number of allylic oxidation sites excluding steroid dienone is 2. The molecule has 0 aromatic rings. The highest BCUT2D eigenvalue weighted by Gasteiger charge is 2.56. The summed E-state index contributed by atoms with van der Waals surface area (Å²) in [5.74, 6) is 1.17. The lowest BCUT2D eigenvalue weighted by Crippen LogP contribution is -2.25. The minimum absolute atomic E-state index is 0.148. The number of ether oxygens (including phenoxy) is 1. The molecule has 3 rings (SSSR count). The quantitative estimate of drug-likeness (QED) is 0.504. The fourth-order valence-corrected chi connectivity index (χ4v) is 3.03. The van der Waals surface area contributed by atoms with Crippen LogP contribution in [0.25, 0.3) is 0 Å². The minimum Gasteiger partial charge on any atom is -0.368 e. The Morgan fingerprint density at radius 3 is 2.00 bits per heavy atom. The van der Waals surface area contributed by atoms with Gasteiger partial charge in [0.1, 0.15) is 0 Å². The molecule has 0 radical (unpaired) electrons. The van der Waals surface area contributed by atoms with Crippen molar-refractivity contribution in [3.63, 3.8) is 0 Å². The van der Waals surface area contributed by atoms with Crippen LogP contribution in [-0.4, -0.2) is 22.8 Å². The lowest BCUT2D eigenvalue weighted by molar-refractivity contribution is -0.178. The van der Waals surface area contributed by atoms with Gasteiger partial charge in [-0.15, -0.1) is 0 Å². The Labute approximate surface area is 70.7 Å². The van der Waals surface area contributed by atoms with E-state index in [1.165, 1.54) is 0 Å². The highest BCUT2D eigenvalue weighted by molar-refractivity contribution is 5.16. The van der Waals surface area contributed by atoms with Crippen molar-refractivity contribution in [2.24, 2.45) is 23.7 Å². The number of hydrogen-bond donors (Lipinski definition) is 2. The van der Waals surface area contributed by atoms with Crippen LogP contribution in [-0.2, 0) is 4.74 Å². The van der Waals surface area contributed by atoms with Crippen LogP contribution >= 0.6 is 0 Å². The van der Waals surface area contributed by atoms with Gasteiger partial charge in [0.25, 0.3) is 0 Å². The van der Waals surface area contributed by atoms with Crippen LogP contribution in [0.2, 0.25) is 0 Å². The third kappa shape index (κ3) is 0.672. The number of hydrogen-bond acceptors (Lipinski definition) is 3. The lowest BCUT2D eigenvalue weighted by atomic mass is 9.84. The average Bonchev–Trinajstić information content (AvgIpc) is 2.64. The van der Waals surface area contributed by atoms with Crippen molar-refractivity contribution in [3.05, 3.63) is 12.2 Å². The summed E-state index contributed by atoms with van der Waals surface area (Å²) in [5.41, 5.74) is 0. The molecule has 6 atom stereocenters. The molecule has 0 spiro atoms. The van der Waals surface area contributed by atoms with Crippen LogP contribution in [0.4, 0.5) is 0 Å². The van der Waals surface area contributed by atoms with Crippen LogP contribution < -0.4 is 0 Å². The Balaban J connectivity index is 1.98. The molecule has 2 bridgehead atoms. The van der Waals surface area contributed by atoms with Gasteiger partial charge in [0.2, 0.25) is 0 Å². The maximum Gasteiger partial charge on any atom is 0.161 e. The molecule has 1 saturated heterocycles. The molecule has 1 saturated carbocycles. The number of aliphatic hydroxyl groups is 2. The van der Waals surface area contributed by atoms with E-state index < -0.39 is 12.6 Å². The highest BCUT2D eigenvalue weighted by atomic mass is 16.7. The van der Waals surface area contributed by atoms with Crippen molar-refractivity contribution in [1.29, 1.82) is 0 Å². The van der Waals surface area contributed by atoms with E-state index >= 15 is 0 Å². The molecule has 0 aromatic heterocycles. The molecule has 2 N–H and O–H groups in total. The third-order valence-corrected chi connectivity index (χ3v) is 3.52. The van der Waals surface area contributed by atoms with E-state index in [-0.39, 0.29) is 11.8 Å². The van der Waals surface area contributed by atoms with Crippen molar-refractivity contribution in [2.75, 3.05) is 0 Å². The summed E-state index contributed by atoms with van der Waals surface area (Å²) in [7, 11) is 0. The Morgan fingerprint density at radius 2 is 1.50 bits per heavy atom. The summed E-state index contributed by atoms with van der Waals surface area (Å²) < 4.78 is 4.98. The number of rotatable bonds is 0. The predicted molar refractivity (Wildman–Crippen MR) is 40.8 cm³/mol. The largest absolute Gasteiger partial charge is 0.368 e. The van der Waals surface area contributed by atoms with E-state index in [1.807, 2.05) is 0 Å². The smallest absolute Gasteiger partial charge is 0.161 e. The van der Waals surface area contributed by atoms with E-state index in [9.17, 15) is 10.2 Å². The minimum atomic E-state index is -0.745. The standard InChI is InChI=1S/C9H12O3/c10-8-6-4-1-2-5(3-4)7(6)9(11)12-8/h1-2,4-11H,3H2. The Hall–Kier alpha value is -0.380. The summed E-state index contributed by atoms with van der Waals surface area (Å²) >= 11 is 0. The van der Waals surface area contributed by atoms with Crippen molar-refractivity contribution >= 4 is 0 Å². The molecule has 3 heteroatoms. The molecule has 12 heavy (non-hydrogen) atoms. The van der Waals surface area contributed by atoms with Crippen molar-refractivity contribution in [2.45, 2.75) is 19.0 Å². The highest BCUT2D eigenvalue weighted by Crippen LogP contribution is 2.54. The SMILES string of the molecule is OC1OC(O)C2C3C=CC(C3)C12. The van der Waals surface area contributed by atoms with Crippen molar-refractivity contribution in [1.82, 2.24) is 0 Å². The molecule has 1 heterocycles. The normalized spacial score (nSPS) is 61.2. The Kier molecular flexibility index (Phi) is 1.24. The van der Waals surface area contributed by atoms with Gasteiger partial charge in [-0.25, -0.2) is 0 Å². The van der Waals surface area contributed by atoms with E-state index in [4.69, 9.17) is 4.74 Å². The second kappa shape index (κ2) is 2.10.